The Bertz CT molecular complexity index is 3550. The quantitative estimate of drug-likeness (QED) is 0.162. The molecule has 1 aliphatic carbocycles. The van der Waals surface area contributed by atoms with E-state index in [0.717, 1.165) is 17.9 Å². The van der Waals surface area contributed by atoms with Crippen molar-refractivity contribution in [2.24, 2.45) is 0 Å². The van der Waals surface area contributed by atoms with E-state index in [1.807, 2.05) is 11.3 Å². The van der Waals surface area contributed by atoms with E-state index < -0.39 is 0 Å². The summed E-state index contributed by atoms with van der Waals surface area (Å²) in [6.07, 6.45) is 5.41. The second-order valence-electron chi connectivity index (χ2n) is 16.2. The van der Waals surface area contributed by atoms with Gasteiger partial charge in [0, 0.05) is 25.7 Å². The molecule has 1 aliphatic heterocycles. The maximum atomic E-state index is 6.81. The first-order valence-corrected chi connectivity index (χ1v) is 21.7. The molecule has 13 rings (SSSR count). The summed E-state index contributed by atoms with van der Waals surface area (Å²) >= 11 is 1.88. The Labute approximate surface area is 351 Å². The highest BCUT2D eigenvalue weighted by Crippen LogP contribution is 2.55. The van der Waals surface area contributed by atoms with Crippen LogP contribution in [0.2, 0.25) is 0 Å². The summed E-state index contributed by atoms with van der Waals surface area (Å²) in [4.78, 5) is 0. The number of benzene rings is 10. The average Bonchev–Trinajstić information content (AvgIpc) is 3.88. The number of rotatable bonds is 4. The van der Waals surface area contributed by atoms with Crippen LogP contribution >= 0.6 is 11.3 Å². The van der Waals surface area contributed by atoms with Gasteiger partial charge in [0.2, 0.25) is 0 Å². The molecule has 0 N–H and O–H groups in total. The van der Waals surface area contributed by atoms with Gasteiger partial charge in [-0.15, -0.1) is 11.3 Å². The highest BCUT2D eigenvalue weighted by Gasteiger charge is 2.36. The Hall–Kier alpha value is -7.26. The van der Waals surface area contributed by atoms with Gasteiger partial charge in [0.25, 0.3) is 0 Å². The fourth-order valence-electron chi connectivity index (χ4n) is 10.6. The number of fused-ring (bicyclic) bond motifs is 10. The third-order valence-corrected chi connectivity index (χ3v) is 14.2. The number of allylic oxidation sites excluding steroid dienone is 4. The minimum atomic E-state index is 0.0788. The molecule has 2 aliphatic rings. The van der Waals surface area contributed by atoms with Crippen molar-refractivity contribution in [2.45, 2.75) is 12.3 Å². The van der Waals surface area contributed by atoms with Crippen LogP contribution in [-0.2, 0) is 0 Å². The van der Waals surface area contributed by atoms with Crippen LogP contribution < -0.4 is 4.74 Å². The van der Waals surface area contributed by atoms with Gasteiger partial charge in [-0.25, -0.2) is 0 Å². The molecule has 60 heavy (non-hydrogen) atoms. The summed E-state index contributed by atoms with van der Waals surface area (Å²) in [6, 6.07) is 69.4. The van der Waals surface area contributed by atoms with Crippen molar-refractivity contribution in [1.82, 2.24) is 0 Å². The summed E-state index contributed by atoms with van der Waals surface area (Å²) in [5, 5.41) is 12.8. The Morgan fingerprint density at radius 1 is 0.383 bits per heavy atom. The SMILES string of the molecule is C1=C(c2c3ccccc3c(-c3ccccc3)c3ccccc23)CC2C(=C1)Oc1cccc(-c3c4ccccc4c(-c4ccc5c(c4)sc4ccccc45)c4ccccc34)c12. The molecule has 0 saturated heterocycles. The minimum absolute atomic E-state index is 0.0788. The van der Waals surface area contributed by atoms with Crippen molar-refractivity contribution in [3.05, 3.63) is 217 Å². The van der Waals surface area contributed by atoms with Gasteiger partial charge in [-0.3, -0.25) is 0 Å². The summed E-state index contributed by atoms with van der Waals surface area (Å²) in [5.74, 6) is 2.06. The first-order valence-electron chi connectivity index (χ1n) is 20.8. The zero-order chi connectivity index (χ0) is 39.3. The van der Waals surface area contributed by atoms with Gasteiger partial charge in [-0.05, 0) is 118 Å². The van der Waals surface area contributed by atoms with Crippen LogP contribution in [0.1, 0.15) is 23.5 Å². The molecule has 0 amide bonds. The Morgan fingerprint density at radius 3 is 1.53 bits per heavy atom. The molecule has 1 aromatic heterocycles. The van der Waals surface area contributed by atoms with Crippen LogP contribution in [-0.4, -0.2) is 0 Å². The van der Waals surface area contributed by atoms with Gasteiger partial charge in [0.15, 0.2) is 0 Å². The third-order valence-electron chi connectivity index (χ3n) is 13.0. The zero-order valence-corrected chi connectivity index (χ0v) is 33.5. The number of ether oxygens (including phenoxy) is 1. The fraction of sp³-hybridized carbons (Fsp3) is 0.0345. The Balaban J connectivity index is 0.997. The lowest BCUT2D eigenvalue weighted by Gasteiger charge is -2.24. The largest absolute Gasteiger partial charge is 0.461 e. The lowest BCUT2D eigenvalue weighted by Crippen LogP contribution is -2.06. The third kappa shape index (κ3) is 4.92. The van der Waals surface area contributed by atoms with Gasteiger partial charge in [-0.2, -0.15) is 0 Å². The fourth-order valence-corrected chi connectivity index (χ4v) is 11.7. The van der Waals surface area contributed by atoms with E-state index in [0.29, 0.717) is 0 Å². The van der Waals surface area contributed by atoms with Crippen molar-refractivity contribution < 1.29 is 4.74 Å². The van der Waals surface area contributed by atoms with Crippen LogP contribution in [0.15, 0.2) is 206 Å². The topological polar surface area (TPSA) is 9.23 Å². The van der Waals surface area contributed by atoms with Crippen LogP contribution in [0.25, 0.3) is 102 Å². The standard InChI is InChI=1S/C58H36OS/c1-2-15-35(16-3-1)54-40-18-4-6-20-42(40)55(43-21-7-5-19-41(43)54)36-30-32-50-49(33-36)58-48(26-14-27-51(58)59-50)57-46-24-10-8-22-44(46)56(45-23-9-11-25-47(45)57)37-29-31-39-38-17-12-13-28-52(38)60-53(39)34-37/h1-32,34,49H,33H2. The van der Waals surface area contributed by atoms with Gasteiger partial charge >= 0.3 is 0 Å². The van der Waals surface area contributed by atoms with Gasteiger partial charge in [0.1, 0.15) is 11.5 Å². The monoisotopic (exact) mass is 780 g/mol. The molecule has 2 heterocycles. The molecule has 2 heteroatoms. The van der Waals surface area contributed by atoms with E-state index in [2.05, 4.69) is 200 Å². The Kier molecular flexibility index (Phi) is 7.37. The van der Waals surface area contributed by atoms with E-state index >= 15 is 0 Å². The molecule has 0 spiro atoms. The van der Waals surface area contributed by atoms with Crippen LogP contribution in [0, 0.1) is 0 Å². The molecule has 1 nitrogen and oxygen atoms in total. The second kappa shape index (κ2) is 13.1. The molecule has 0 bridgehead atoms. The van der Waals surface area contributed by atoms with Crippen molar-refractivity contribution >= 4 is 80.2 Å². The van der Waals surface area contributed by atoms with Crippen molar-refractivity contribution in [3.63, 3.8) is 0 Å². The van der Waals surface area contributed by atoms with E-state index in [9.17, 15) is 0 Å². The second-order valence-corrected chi connectivity index (χ2v) is 17.3. The molecule has 1 unspecified atom stereocenters. The van der Waals surface area contributed by atoms with E-state index in [1.165, 1.54) is 113 Å². The predicted octanol–water partition coefficient (Wildman–Crippen LogP) is 16.5. The molecule has 0 fully saturated rings. The summed E-state index contributed by atoms with van der Waals surface area (Å²) < 4.78 is 9.46. The number of hydrogen-bond acceptors (Lipinski definition) is 2. The summed E-state index contributed by atoms with van der Waals surface area (Å²) in [6.45, 7) is 0. The van der Waals surface area contributed by atoms with Gasteiger partial charge in [0.05, 0.1) is 5.92 Å². The molecular formula is C58H36OS. The van der Waals surface area contributed by atoms with Crippen LogP contribution in [0.4, 0.5) is 0 Å². The van der Waals surface area contributed by atoms with Gasteiger partial charge < -0.3 is 4.74 Å². The maximum absolute atomic E-state index is 6.81. The molecule has 11 aromatic rings. The van der Waals surface area contributed by atoms with Crippen LogP contribution in [0.3, 0.4) is 0 Å². The van der Waals surface area contributed by atoms with Gasteiger partial charge in [-0.1, -0.05) is 176 Å². The highest BCUT2D eigenvalue weighted by molar-refractivity contribution is 7.25. The normalized spacial score (nSPS) is 14.8. The van der Waals surface area contributed by atoms with Crippen molar-refractivity contribution in [3.8, 4) is 39.1 Å². The summed E-state index contributed by atoms with van der Waals surface area (Å²) in [7, 11) is 0. The van der Waals surface area contributed by atoms with E-state index in [1.54, 1.807) is 0 Å². The maximum Gasteiger partial charge on any atom is 0.131 e. The molecular weight excluding hydrogens is 745 g/mol. The average molecular weight is 781 g/mol. The number of thiophene rings is 1. The minimum Gasteiger partial charge on any atom is -0.461 e. The molecule has 280 valence electrons. The Morgan fingerprint density at radius 2 is 0.900 bits per heavy atom. The first-order chi connectivity index (χ1) is 29.8. The van der Waals surface area contributed by atoms with Crippen LogP contribution in [0.5, 0.6) is 5.75 Å². The molecule has 1 atom stereocenters. The lowest BCUT2D eigenvalue weighted by molar-refractivity contribution is 0.426. The smallest absolute Gasteiger partial charge is 0.131 e. The number of hydrogen-bond donors (Lipinski definition) is 0. The first kappa shape index (κ1) is 33.7. The van der Waals surface area contributed by atoms with Crippen molar-refractivity contribution in [1.29, 1.82) is 0 Å². The molecule has 10 aromatic carbocycles. The zero-order valence-electron chi connectivity index (χ0n) is 32.7. The lowest BCUT2D eigenvalue weighted by atomic mass is 9.78. The highest BCUT2D eigenvalue weighted by atomic mass is 32.1. The van der Waals surface area contributed by atoms with E-state index in [-0.39, 0.29) is 5.92 Å². The van der Waals surface area contributed by atoms with Crippen molar-refractivity contribution in [2.75, 3.05) is 0 Å². The molecule has 0 saturated carbocycles. The summed E-state index contributed by atoms with van der Waals surface area (Å²) in [5.41, 5.74) is 11.5. The molecule has 0 radical (unpaired) electrons. The predicted molar refractivity (Wildman–Crippen MR) is 256 cm³/mol. The van der Waals surface area contributed by atoms with E-state index in [4.69, 9.17) is 4.74 Å².